The average Bonchev–Trinajstić information content (AvgIpc) is 2.97. The van der Waals surface area contributed by atoms with Gasteiger partial charge in [0.25, 0.3) is 5.91 Å². The van der Waals surface area contributed by atoms with Gasteiger partial charge >= 0.3 is 6.03 Å². The standard InChI is InChI=1S/C28H35N3O2/c1-17(2)31-25-12-19(4)22(13-23(25)20(5)15-28(31,6)7)14-24-26(32)30(27(33)29-24)16-21-10-8-18(3)9-11-21/h8-14,17,20H,15-16H2,1-7H3,(H,29,33)/b24-14-. The molecule has 174 valence electrons. The number of amides is 3. The van der Waals surface area contributed by atoms with Crippen LogP contribution in [0.1, 0.15) is 74.8 Å². The number of rotatable bonds is 4. The molecule has 33 heavy (non-hydrogen) atoms. The molecule has 5 heteroatoms. The minimum Gasteiger partial charge on any atom is -0.364 e. The van der Waals surface area contributed by atoms with Crippen LogP contribution < -0.4 is 10.2 Å². The fourth-order valence-corrected chi connectivity index (χ4v) is 5.49. The molecule has 2 heterocycles. The van der Waals surface area contributed by atoms with Crippen LogP contribution in [0.4, 0.5) is 10.5 Å². The first-order chi connectivity index (χ1) is 15.5. The molecule has 0 bridgehead atoms. The number of anilines is 1. The van der Waals surface area contributed by atoms with Gasteiger partial charge in [-0.1, -0.05) is 36.8 Å². The summed E-state index contributed by atoms with van der Waals surface area (Å²) in [7, 11) is 0. The van der Waals surface area contributed by atoms with Crippen molar-refractivity contribution in [1.82, 2.24) is 10.2 Å². The molecule has 0 spiro atoms. The number of urea groups is 1. The van der Waals surface area contributed by atoms with Crippen LogP contribution >= 0.6 is 0 Å². The van der Waals surface area contributed by atoms with Crippen molar-refractivity contribution in [3.63, 3.8) is 0 Å². The highest BCUT2D eigenvalue weighted by atomic mass is 16.2. The van der Waals surface area contributed by atoms with Gasteiger partial charge < -0.3 is 10.2 Å². The average molecular weight is 446 g/mol. The van der Waals surface area contributed by atoms with Crippen LogP contribution in [0.15, 0.2) is 42.1 Å². The van der Waals surface area contributed by atoms with Gasteiger partial charge in [-0.05, 0) is 94.3 Å². The molecule has 2 aromatic carbocycles. The summed E-state index contributed by atoms with van der Waals surface area (Å²) in [6.45, 7) is 15.7. The van der Waals surface area contributed by atoms with E-state index in [4.69, 9.17) is 0 Å². The molecule has 2 aliphatic rings. The van der Waals surface area contributed by atoms with Crippen LogP contribution in [0, 0.1) is 13.8 Å². The zero-order chi connectivity index (χ0) is 24.1. The van der Waals surface area contributed by atoms with Crippen LogP contribution in [-0.2, 0) is 11.3 Å². The number of hydrogen-bond donors (Lipinski definition) is 1. The van der Waals surface area contributed by atoms with E-state index in [1.165, 1.54) is 16.2 Å². The lowest BCUT2D eigenvalue weighted by molar-refractivity contribution is -0.123. The maximum atomic E-state index is 13.0. The van der Waals surface area contributed by atoms with E-state index < -0.39 is 0 Å². The molecule has 4 rings (SSSR count). The summed E-state index contributed by atoms with van der Waals surface area (Å²) in [6, 6.07) is 12.3. The Kier molecular flexibility index (Phi) is 5.85. The van der Waals surface area contributed by atoms with Crippen LogP contribution in [0.25, 0.3) is 6.08 Å². The molecule has 1 fully saturated rings. The largest absolute Gasteiger partial charge is 0.364 e. The van der Waals surface area contributed by atoms with Gasteiger partial charge in [0.2, 0.25) is 0 Å². The number of benzene rings is 2. The number of imide groups is 1. The monoisotopic (exact) mass is 445 g/mol. The van der Waals surface area contributed by atoms with Crippen molar-refractivity contribution in [2.45, 2.75) is 78.9 Å². The van der Waals surface area contributed by atoms with E-state index in [2.05, 4.69) is 63.9 Å². The molecular weight excluding hydrogens is 410 g/mol. The molecule has 1 unspecified atom stereocenters. The van der Waals surface area contributed by atoms with E-state index in [1.54, 1.807) is 0 Å². The first kappa shape index (κ1) is 23.1. The Bertz CT molecular complexity index is 1130. The van der Waals surface area contributed by atoms with Crippen molar-refractivity contribution in [2.75, 3.05) is 4.90 Å². The number of aryl methyl sites for hydroxylation is 2. The van der Waals surface area contributed by atoms with Gasteiger partial charge in [-0.15, -0.1) is 0 Å². The van der Waals surface area contributed by atoms with Crippen molar-refractivity contribution < 1.29 is 9.59 Å². The van der Waals surface area contributed by atoms with Gasteiger partial charge in [0.1, 0.15) is 5.70 Å². The second-order valence-electron chi connectivity index (χ2n) is 10.5. The molecule has 5 nitrogen and oxygen atoms in total. The minimum atomic E-state index is -0.372. The number of carbonyl (C=O) groups excluding carboxylic acids is 2. The molecule has 0 aliphatic carbocycles. The van der Waals surface area contributed by atoms with Gasteiger partial charge in [-0.2, -0.15) is 0 Å². The van der Waals surface area contributed by atoms with Crippen molar-refractivity contribution in [1.29, 1.82) is 0 Å². The summed E-state index contributed by atoms with van der Waals surface area (Å²) in [4.78, 5) is 29.4. The van der Waals surface area contributed by atoms with E-state index in [9.17, 15) is 9.59 Å². The molecular formula is C28H35N3O2. The lowest BCUT2D eigenvalue weighted by Gasteiger charge is -2.50. The zero-order valence-corrected chi connectivity index (χ0v) is 20.8. The molecule has 1 atom stereocenters. The summed E-state index contributed by atoms with van der Waals surface area (Å²) < 4.78 is 0. The summed E-state index contributed by atoms with van der Waals surface area (Å²) in [5.41, 5.74) is 7.14. The quantitative estimate of drug-likeness (QED) is 0.471. The fraction of sp³-hybridized carbons (Fsp3) is 0.429. The number of nitrogens with one attached hydrogen (secondary N) is 1. The van der Waals surface area contributed by atoms with Crippen molar-refractivity contribution in [3.05, 3.63) is 69.9 Å². The van der Waals surface area contributed by atoms with Crippen LogP contribution in [0.2, 0.25) is 0 Å². The van der Waals surface area contributed by atoms with Crippen LogP contribution in [-0.4, -0.2) is 28.4 Å². The molecule has 3 amide bonds. The van der Waals surface area contributed by atoms with Crippen molar-refractivity contribution in [2.24, 2.45) is 0 Å². The number of carbonyl (C=O) groups is 2. The predicted octanol–water partition coefficient (Wildman–Crippen LogP) is 5.90. The van der Waals surface area contributed by atoms with Gasteiger partial charge in [0.15, 0.2) is 0 Å². The maximum absolute atomic E-state index is 13.0. The van der Waals surface area contributed by atoms with E-state index in [0.29, 0.717) is 17.7 Å². The van der Waals surface area contributed by atoms with Gasteiger partial charge in [0.05, 0.1) is 6.54 Å². The van der Waals surface area contributed by atoms with Gasteiger partial charge in [-0.3, -0.25) is 9.69 Å². The summed E-state index contributed by atoms with van der Waals surface area (Å²) in [5.74, 6) is 0.130. The molecule has 0 aromatic heterocycles. The van der Waals surface area contributed by atoms with Crippen molar-refractivity contribution >= 4 is 23.7 Å². The minimum absolute atomic E-state index is 0.0822. The Morgan fingerprint density at radius 3 is 2.42 bits per heavy atom. The molecule has 0 radical (unpaired) electrons. The van der Waals surface area contributed by atoms with E-state index >= 15 is 0 Å². The SMILES string of the molecule is Cc1ccc(CN2C(=O)N/C(=C\c3cc4c(cc3C)N(C(C)C)C(C)(C)CC4C)C2=O)cc1. The third-order valence-electron chi connectivity index (χ3n) is 6.90. The van der Waals surface area contributed by atoms with Gasteiger partial charge in [0, 0.05) is 17.3 Å². The van der Waals surface area contributed by atoms with E-state index in [1.807, 2.05) is 37.3 Å². The summed E-state index contributed by atoms with van der Waals surface area (Å²) in [5, 5.41) is 2.78. The zero-order valence-electron chi connectivity index (χ0n) is 20.8. The number of nitrogens with zero attached hydrogens (tertiary/aromatic N) is 2. The molecule has 2 aliphatic heterocycles. The smallest absolute Gasteiger partial charge is 0.329 e. The Labute approximate surface area is 197 Å². The van der Waals surface area contributed by atoms with Crippen LogP contribution in [0.5, 0.6) is 0 Å². The Morgan fingerprint density at radius 1 is 1.12 bits per heavy atom. The second kappa shape index (κ2) is 8.36. The fourth-order valence-electron chi connectivity index (χ4n) is 5.49. The second-order valence-corrected chi connectivity index (χ2v) is 10.5. The first-order valence-electron chi connectivity index (χ1n) is 11.8. The molecule has 1 saturated heterocycles. The van der Waals surface area contributed by atoms with E-state index in [-0.39, 0.29) is 24.0 Å². The summed E-state index contributed by atoms with van der Waals surface area (Å²) >= 11 is 0. The third-order valence-corrected chi connectivity index (χ3v) is 6.90. The lowest BCUT2D eigenvalue weighted by atomic mass is 9.78. The van der Waals surface area contributed by atoms with Gasteiger partial charge in [-0.25, -0.2) is 4.79 Å². The Morgan fingerprint density at radius 2 is 1.79 bits per heavy atom. The Hall–Kier alpha value is -3.08. The first-order valence-corrected chi connectivity index (χ1v) is 11.8. The number of hydrogen-bond acceptors (Lipinski definition) is 3. The molecule has 2 aromatic rings. The topological polar surface area (TPSA) is 52.7 Å². The lowest BCUT2D eigenvalue weighted by Crippen LogP contribution is -2.51. The predicted molar refractivity (Wildman–Crippen MR) is 134 cm³/mol. The van der Waals surface area contributed by atoms with Crippen LogP contribution in [0.3, 0.4) is 0 Å². The number of fused-ring (bicyclic) bond motifs is 1. The summed E-state index contributed by atoms with van der Waals surface area (Å²) in [6.07, 6.45) is 2.90. The molecule has 1 N–H and O–H groups in total. The maximum Gasteiger partial charge on any atom is 0.329 e. The highest BCUT2D eigenvalue weighted by Gasteiger charge is 2.38. The highest BCUT2D eigenvalue weighted by molar-refractivity contribution is 6.14. The Balaban J connectivity index is 1.66. The van der Waals surface area contributed by atoms with Crippen molar-refractivity contribution in [3.8, 4) is 0 Å². The molecule has 0 saturated carbocycles. The highest BCUT2D eigenvalue weighted by Crippen LogP contribution is 2.45. The normalized spacial score (nSPS) is 21.1. The third kappa shape index (κ3) is 4.29. The van der Waals surface area contributed by atoms with E-state index in [0.717, 1.165) is 28.7 Å².